The number of benzene rings is 2. The van der Waals surface area contributed by atoms with Gasteiger partial charge >= 0.3 is 0 Å². The van der Waals surface area contributed by atoms with Crippen LogP contribution in [0, 0.1) is 0 Å². The highest BCUT2D eigenvalue weighted by Gasteiger charge is 2.11. The molecule has 0 spiro atoms. The van der Waals surface area contributed by atoms with Gasteiger partial charge in [0.25, 0.3) is 0 Å². The van der Waals surface area contributed by atoms with Crippen molar-refractivity contribution < 1.29 is 0 Å². The fourth-order valence-electron chi connectivity index (χ4n) is 1.79. The Morgan fingerprint density at radius 3 is 2.70 bits per heavy atom. The first-order valence-electron chi connectivity index (χ1n) is 5.72. The van der Waals surface area contributed by atoms with Crippen LogP contribution in [-0.4, -0.2) is 11.2 Å². The van der Waals surface area contributed by atoms with Gasteiger partial charge in [0.05, 0.1) is 5.02 Å². The van der Waals surface area contributed by atoms with Gasteiger partial charge in [-0.2, -0.15) is 0 Å². The van der Waals surface area contributed by atoms with Crippen molar-refractivity contribution in [2.75, 3.05) is 11.6 Å². The van der Waals surface area contributed by atoms with Crippen LogP contribution >= 0.6 is 51.5 Å². The molecule has 20 heavy (non-hydrogen) atoms. The van der Waals surface area contributed by atoms with E-state index in [0.29, 0.717) is 10.0 Å². The van der Waals surface area contributed by atoms with E-state index in [1.54, 1.807) is 11.8 Å². The van der Waals surface area contributed by atoms with Crippen LogP contribution < -0.4 is 11.1 Å². The van der Waals surface area contributed by atoms with Crippen molar-refractivity contribution in [3.63, 3.8) is 0 Å². The lowest BCUT2D eigenvalue weighted by Gasteiger charge is -2.14. The van der Waals surface area contributed by atoms with E-state index in [4.69, 9.17) is 29.6 Å². The molecule has 0 saturated heterocycles. The van der Waals surface area contributed by atoms with Crippen molar-refractivity contribution in [2.24, 2.45) is 5.73 Å². The summed E-state index contributed by atoms with van der Waals surface area (Å²) < 4.78 is 0.858. The summed E-state index contributed by atoms with van der Waals surface area (Å²) in [5.74, 6) is 0. The van der Waals surface area contributed by atoms with Crippen LogP contribution in [-0.2, 0) is 0 Å². The van der Waals surface area contributed by atoms with Crippen LogP contribution in [0.5, 0.6) is 0 Å². The standard InChI is InChI=1S/C14H12BrClN2S2/c1-20-12-4-2-3-11(13(12)14(17)19)18-8-5-6-9(15)10(16)7-8/h2-7,18H,1H3,(H2,17,19). The van der Waals surface area contributed by atoms with E-state index in [9.17, 15) is 0 Å². The SMILES string of the molecule is CSc1cccc(Nc2ccc(Br)c(Cl)c2)c1C(N)=S. The maximum absolute atomic E-state index is 6.10. The summed E-state index contributed by atoms with van der Waals surface area (Å²) >= 11 is 16.2. The number of halogens is 2. The Morgan fingerprint density at radius 1 is 1.35 bits per heavy atom. The maximum Gasteiger partial charge on any atom is 0.107 e. The fraction of sp³-hybridized carbons (Fsp3) is 0.0714. The molecule has 2 aromatic carbocycles. The molecule has 0 amide bonds. The Bertz CT molecular complexity index is 662. The molecule has 0 saturated carbocycles. The number of hydrogen-bond acceptors (Lipinski definition) is 3. The number of rotatable bonds is 4. The van der Waals surface area contributed by atoms with Gasteiger partial charge in [-0.25, -0.2) is 0 Å². The van der Waals surface area contributed by atoms with E-state index in [-0.39, 0.29) is 0 Å². The Morgan fingerprint density at radius 2 is 2.10 bits per heavy atom. The molecule has 104 valence electrons. The molecule has 0 fully saturated rings. The third-order valence-electron chi connectivity index (χ3n) is 2.69. The monoisotopic (exact) mass is 386 g/mol. The molecule has 6 heteroatoms. The van der Waals surface area contributed by atoms with Crippen molar-refractivity contribution in [3.8, 4) is 0 Å². The van der Waals surface area contributed by atoms with Crippen molar-refractivity contribution in [3.05, 3.63) is 51.5 Å². The molecule has 0 heterocycles. The molecule has 0 aromatic heterocycles. The minimum absolute atomic E-state index is 0.376. The Hall–Kier alpha value is -0.750. The van der Waals surface area contributed by atoms with Gasteiger partial charge in [0.15, 0.2) is 0 Å². The third kappa shape index (κ3) is 3.47. The number of thiocarbonyl (C=S) groups is 1. The van der Waals surface area contributed by atoms with Gasteiger partial charge in [-0.05, 0) is 52.5 Å². The molecular formula is C14H12BrClN2S2. The molecule has 3 N–H and O–H groups in total. The van der Waals surface area contributed by atoms with E-state index >= 15 is 0 Å². The van der Waals surface area contributed by atoms with Crippen molar-refractivity contribution >= 4 is 67.9 Å². The lowest BCUT2D eigenvalue weighted by molar-refractivity contribution is 1.40. The zero-order chi connectivity index (χ0) is 14.7. The molecule has 0 aliphatic rings. The second kappa shape index (κ2) is 6.80. The van der Waals surface area contributed by atoms with E-state index in [1.165, 1.54) is 0 Å². The lowest BCUT2D eigenvalue weighted by atomic mass is 10.1. The first-order chi connectivity index (χ1) is 9.52. The van der Waals surface area contributed by atoms with E-state index in [1.807, 2.05) is 42.7 Å². The normalized spacial score (nSPS) is 10.3. The lowest BCUT2D eigenvalue weighted by Crippen LogP contribution is -2.13. The first-order valence-corrected chi connectivity index (χ1v) is 8.52. The zero-order valence-corrected chi connectivity index (χ0v) is 14.6. The third-order valence-corrected chi connectivity index (χ3v) is 4.91. The predicted molar refractivity (Wildman–Crippen MR) is 96.5 cm³/mol. The maximum atomic E-state index is 6.10. The molecule has 0 unspecified atom stereocenters. The second-order valence-electron chi connectivity index (χ2n) is 4.00. The Balaban J connectivity index is 2.42. The van der Waals surface area contributed by atoms with Gasteiger partial charge in [-0.3, -0.25) is 0 Å². The molecule has 0 radical (unpaired) electrons. The summed E-state index contributed by atoms with van der Waals surface area (Å²) in [6.07, 6.45) is 2.00. The van der Waals surface area contributed by atoms with Crippen molar-refractivity contribution in [2.45, 2.75) is 4.90 Å². The quantitative estimate of drug-likeness (QED) is 0.558. The minimum Gasteiger partial charge on any atom is -0.389 e. The van der Waals surface area contributed by atoms with Crippen LogP contribution in [0.3, 0.4) is 0 Å². The molecule has 0 aliphatic heterocycles. The van der Waals surface area contributed by atoms with Crippen LogP contribution in [0.25, 0.3) is 0 Å². The number of anilines is 2. The zero-order valence-electron chi connectivity index (χ0n) is 10.6. The molecule has 0 bridgehead atoms. The average Bonchev–Trinajstić information content (AvgIpc) is 2.42. The van der Waals surface area contributed by atoms with Crippen LogP contribution in [0.4, 0.5) is 11.4 Å². The number of nitrogens with two attached hydrogens (primary N) is 1. The molecule has 2 rings (SSSR count). The molecule has 0 atom stereocenters. The van der Waals surface area contributed by atoms with E-state index in [0.717, 1.165) is 26.3 Å². The Labute approximate surface area is 141 Å². The summed E-state index contributed by atoms with van der Waals surface area (Å²) in [4.78, 5) is 1.42. The Kier molecular flexibility index (Phi) is 5.32. The van der Waals surface area contributed by atoms with Crippen molar-refractivity contribution in [1.29, 1.82) is 0 Å². The van der Waals surface area contributed by atoms with E-state index in [2.05, 4.69) is 21.2 Å². The first kappa shape index (κ1) is 15.6. The average molecular weight is 388 g/mol. The van der Waals surface area contributed by atoms with Gasteiger partial charge < -0.3 is 11.1 Å². The smallest absolute Gasteiger partial charge is 0.107 e. The number of nitrogens with one attached hydrogen (secondary N) is 1. The van der Waals surface area contributed by atoms with Crippen LogP contribution in [0.1, 0.15) is 5.56 Å². The van der Waals surface area contributed by atoms with Gasteiger partial charge in [0, 0.05) is 26.3 Å². The summed E-state index contributed by atoms with van der Waals surface area (Å²) in [7, 11) is 0. The topological polar surface area (TPSA) is 38.0 Å². The van der Waals surface area contributed by atoms with Gasteiger partial charge in [0.2, 0.25) is 0 Å². The molecular weight excluding hydrogens is 376 g/mol. The minimum atomic E-state index is 0.376. The van der Waals surface area contributed by atoms with E-state index < -0.39 is 0 Å². The molecule has 0 aliphatic carbocycles. The van der Waals surface area contributed by atoms with Gasteiger partial charge in [0.1, 0.15) is 4.99 Å². The highest BCUT2D eigenvalue weighted by Crippen LogP contribution is 2.31. The summed E-state index contributed by atoms with van der Waals surface area (Å²) in [5, 5.41) is 3.96. The van der Waals surface area contributed by atoms with Crippen LogP contribution in [0.2, 0.25) is 5.02 Å². The molecule has 2 aromatic rings. The van der Waals surface area contributed by atoms with Gasteiger partial charge in [-0.1, -0.05) is 29.9 Å². The van der Waals surface area contributed by atoms with Crippen LogP contribution in [0.15, 0.2) is 45.8 Å². The second-order valence-corrected chi connectivity index (χ2v) is 6.55. The number of hydrogen-bond donors (Lipinski definition) is 2. The highest BCUT2D eigenvalue weighted by molar-refractivity contribution is 9.10. The molecule has 2 nitrogen and oxygen atoms in total. The fourth-order valence-corrected chi connectivity index (χ4v) is 3.14. The van der Waals surface area contributed by atoms with Gasteiger partial charge in [-0.15, -0.1) is 11.8 Å². The highest BCUT2D eigenvalue weighted by atomic mass is 79.9. The summed E-state index contributed by atoms with van der Waals surface area (Å²) in [5.41, 5.74) is 8.46. The summed E-state index contributed by atoms with van der Waals surface area (Å²) in [6.45, 7) is 0. The largest absolute Gasteiger partial charge is 0.389 e. The predicted octanol–water partition coefficient (Wildman–Crippen LogP) is 5.20. The summed E-state index contributed by atoms with van der Waals surface area (Å²) in [6, 6.07) is 11.6. The number of thioether (sulfide) groups is 1. The van der Waals surface area contributed by atoms with Crippen molar-refractivity contribution in [1.82, 2.24) is 0 Å².